The van der Waals surface area contributed by atoms with Crippen molar-refractivity contribution < 1.29 is 14.3 Å². The van der Waals surface area contributed by atoms with Gasteiger partial charge in [0, 0.05) is 23.6 Å². The third-order valence-corrected chi connectivity index (χ3v) is 5.94. The summed E-state index contributed by atoms with van der Waals surface area (Å²) in [5.74, 6) is 1.21. The minimum atomic E-state index is -0.206. The maximum atomic E-state index is 12.3. The van der Waals surface area contributed by atoms with Gasteiger partial charge >= 0.3 is 0 Å². The maximum absolute atomic E-state index is 12.3. The molecule has 3 aromatic rings. The first-order valence-electron chi connectivity index (χ1n) is 7.49. The van der Waals surface area contributed by atoms with Gasteiger partial charge in [-0.2, -0.15) is 4.99 Å². The molecule has 1 amide bonds. The van der Waals surface area contributed by atoms with Crippen molar-refractivity contribution in [2.75, 3.05) is 6.79 Å². The highest BCUT2D eigenvalue weighted by Crippen LogP contribution is 2.37. The molecule has 0 fully saturated rings. The van der Waals surface area contributed by atoms with Gasteiger partial charge < -0.3 is 14.0 Å². The number of thiazole rings is 1. The molecular weight excluding hydrogens is 380 g/mol. The molecule has 4 rings (SSSR count). The molecule has 128 valence electrons. The summed E-state index contributed by atoms with van der Waals surface area (Å²) in [5.41, 5.74) is 0.944. The van der Waals surface area contributed by atoms with Crippen LogP contribution in [0, 0.1) is 0 Å². The first-order valence-corrected chi connectivity index (χ1v) is 9.51. The Morgan fingerprint density at radius 1 is 1.32 bits per heavy atom. The lowest BCUT2D eigenvalue weighted by molar-refractivity contribution is -0.117. The highest BCUT2D eigenvalue weighted by atomic mass is 35.5. The van der Waals surface area contributed by atoms with Gasteiger partial charge in [-0.25, -0.2) is 0 Å². The number of amides is 1. The van der Waals surface area contributed by atoms with E-state index in [-0.39, 0.29) is 19.1 Å². The Bertz CT molecular complexity index is 1050. The molecule has 8 heteroatoms. The quantitative estimate of drug-likeness (QED) is 0.630. The lowest BCUT2D eigenvalue weighted by Gasteiger charge is -2.02. The minimum Gasteiger partial charge on any atom is -0.454 e. The predicted octanol–water partition coefficient (Wildman–Crippen LogP) is 4.00. The van der Waals surface area contributed by atoms with Gasteiger partial charge in [-0.3, -0.25) is 4.79 Å². The van der Waals surface area contributed by atoms with Crippen LogP contribution in [0.4, 0.5) is 0 Å². The summed E-state index contributed by atoms with van der Waals surface area (Å²) < 4.78 is 14.5. The van der Waals surface area contributed by atoms with Crippen LogP contribution in [0.15, 0.2) is 41.9 Å². The van der Waals surface area contributed by atoms with Crippen LogP contribution in [-0.2, 0) is 17.8 Å². The van der Waals surface area contributed by atoms with Crippen molar-refractivity contribution in [3.05, 3.63) is 50.9 Å². The zero-order valence-electron chi connectivity index (χ0n) is 13.0. The molecule has 0 spiro atoms. The van der Waals surface area contributed by atoms with Crippen molar-refractivity contribution in [1.29, 1.82) is 0 Å². The van der Waals surface area contributed by atoms with Crippen molar-refractivity contribution in [2.24, 2.45) is 4.99 Å². The van der Waals surface area contributed by atoms with E-state index in [9.17, 15) is 4.79 Å². The van der Waals surface area contributed by atoms with E-state index in [0.717, 1.165) is 15.1 Å². The average molecular weight is 393 g/mol. The Hall–Kier alpha value is -2.09. The van der Waals surface area contributed by atoms with Crippen LogP contribution in [0.2, 0.25) is 4.34 Å². The van der Waals surface area contributed by atoms with E-state index in [2.05, 4.69) is 11.6 Å². The topological polar surface area (TPSA) is 52.8 Å². The van der Waals surface area contributed by atoms with Crippen LogP contribution in [0.1, 0.15) is 4.88 Å². The monoisotopic (exact) mass is 392 g/mol. The number of hydrogen-bond acceptors (Lipinski definition) is 5. The fourth-order valence-electron chi connectivity index (χ4n) is 2.59. The number of hydrogen-bond donors (Lipinski definition) is 0. The first-order chi connectivity index (χ1) is 12.1. The molecule has 0 unspecified atom stereocenters. The molecule has 0 atom stereocenters. The Kier molecular flexibility index (Phi) is 4.37. The molecule has 0 saturated heterocycles. The molecular formula is C17H13ClN2O3S2. The zero-order valence-corrected chi connectivity index (χ0v) is 15.4. The summed E-state index contributed by atoms with van der Waals surface area (Å²) in [6.45, 7) is 4.58. The number of benzene rings is 1. The fourth-order valence-corrected chi connectivity index (χ4v) is 4.74. The second-order valence-electron chi connectivity index (χ2n) is 5.35. The van der Waals surface area contributed by atoms with Gasteiger partial charge in [-0.15, -0.1) is 17.9 Å². The number of rotatable bonds is 4. The largest absolute Gasteiger partial charge is 0.454 e. The Morgan fingerprint density at radius 3 is 2.84 bits per heavy atom. The van der Waals surface area contributed by atoms with Crippen molar-refractivity contribution in [3.8, 4) is 11.5 Å². The number of allylic oxidation sites excluding steroid dienone is 1. The van der Waals surface area contributed by atoms with E-state index in [1.54, 1.807) is 12.1 Å². The number of nitrogens with zero attached hydrogens (tertiary/aromatic N) is 2. The van der Waals surface area contributed by atoms with Crippen LogP contribution in [-0.4, -0.2) is 17.3 Å². The molecule has 1 aliphatic heterocycles. The normalized spacial score (nSPS) is 13.6. The van der Waals surface area contributed by atoms with E-state index in [4.69, 9.17) is 21.1 Å². The molecule has 0 aliphatic carbocycles. The molecule has 0 N–H and O–H groups in total. The summed E-state index contributed by atoms with van der Waals surface area (Å²) in [7, 11) is 0. The third-order valence-electron chi connectivity index (χ3n) is 3.66. The average Bonchev–Trinajstić information content (AvgIpc) is 3.26. The molecule has 1 aromatic carbocycles. The number of thiophene rings is 1. The molecule has 2 aromatic heterocycles. The van der Waals surface area contributed by atoms with E-state index in [1.807, 2.05) is 22.8 Å². The van der Waals surface area contributed by atoms with Crippen LogP contribution >= 0.6 is 34.3 Å². The maximum Gasteiger partial charge on any atom is 0.253 e. The van der Waals surface area contributed by atoms with E-state index < -0.39 is 0 Å². The molecule has 3 heterocycles. The van der Waals surface area contributed by atoms with E-state index in [1.165, 1.54) is 22.7 Å². The number of halogens is 1. The molecule has 0 radical (unpaired) electrons. The third kappa shape index (κ3) is 3.22. The summed E-state index contributed by atoms with van der Waals surface area (Å²) in [5, 5.41) is 0. The fraction of sp³-hybridized carbons (Fsp3) is 0.176. The number of carbonyl (C=O) groups is 1. The van der Waals surface area contributed by atoms with Crippen molar-refractivity contribution in [2.45, 2.75) is 13.0 Å². The number of fused-ring (bicyclic) bond motifs is 2. The van der Waals surface area contributed by atoms with Gasteiger partial charge in [-0.1, -0.05) is 29.0 Å². The first kappa shape index (κ1) is 16.4. The molecule has 1 aliphatic rings. The van der Waals surface area contributed by atoms with Crippen LogP contribution in [0.25, 0.3) is 10.2 Å². The summed E-state index contributed by atoms with van der Waals surface area (Å²) in [6, 6.07) is 7.47. The van der Waals surface area contributed by atoms with Gasteiger partial charge in [0.05, 0.1) is 21.0 Å². The number of aromatic nitrogens is 1. The van der Waals surface area contributed by atoms with Crippen LogP contribution < -0.4 is 14.3 Å². The van der Waals surface area contributed by atoms with Gasteiger partial charge in [0.15, 0.2) is 16.3 Å². The van der Waals surface area contributed by atoms with Crippen LogP contribution in [0.5, 0.6) is 11.5 Å². The zero-order chi connectivity index (χ0) is 17.4. The van der Waals surface area contributed by atoms with Crippen molar-refractivity contribution in [1.82, 2.24) is 4.57 Å². The highest BCUT2D eigenvalue weighted by Gasteiger charge is 2.17. The molecule has 5 nitrogen and oxygen atoms in total. The van der Waals surface area contributed by atoms with E-state index in [0.29, 0.717) is 27.2 Å². The lowest BCUT2D eigenvalue weighted by atomic mass is 10.3. The number of carbonyl (C=O) groups excluding carboxylic acids is 1. The van der Waals surface area contributed by atoms with Gasteiger partial charge in [0.2, 0.25) is 6.79 Å². The summed E-state index contributed by atoms with van der Waals surface area (Å²) >= 11 is 8.75. The smallest absolute Gasteiger partial charge is 0.253 e. The predicted molar refractivity (Wildman–Crippen MR) is 99.7 cm³/mol. The standard InChI is InChI=1S/C17H13ClN2O3S2/c1-2-5-20-11-7-12-13(23-9-22-12)8-14(11)25-17(20)19-16(21)6-10-3-4-15(18)24-10/h2-4,7-8H,1,5-6,9H2. The number of ether oxygens (including phenoxy) is 2. The molecule has 0 saturated carbocycles. The minimum absolute atomic E-state index is 0.206. The lowest BCUT2D eigenvalue weighted by Crippen LogP contribution is -2.16. The highest BCUT2D eigenvalue weighted by molar-refractivity contribution is 7.16. The Morgan fingerprint density at radius 2 is 2.12 bits per heavy atom. The summed E-state index contributed by atoms with van der Waals surface area (Å²) in [4.78, 5) is 18.2. The van der Waals surface area contributed by atoms with Gasteiger partial charge in [0.25, 0.3) is 5.91 Å². The Balaban J connectivity index is 1.76. The van der Waals surface area contributed by atoms with Crippen LogP contribution in [0.3, 0.4) is 0 Å². The summed E-state index contributed by atoms with van der Waals surface area (Å²) in [6.07, 6.45) is 2.02. The van der Waals surface area contributed by atoms with Crippen molar-refractivity contribution >= 4 is 50.4 Å². The van der Waals surface area contributed by atoms with Crippen molar-refractivity contribution in [3.63, 3.8) is 0 Å². The molecule has 0 bridgehead atoms. The Labute approximate surface area is 156 Å². The molecule has 25 heavy (non-hydrogen) atoms. The van der Waals surface area contributed by atoms with Gasteiger partial charge in [0.1, 0.15) is 0 Å². The van der Waals surface area contributed by atoms with Gasteiger partial charge in [-0.05, 0) is 12.1 Å². The second kappa shape index (κ2) is 6.67. The second-order valence-corrected chi connectivity index (χ2v) is 8.15. The van der Waals surface area contributed by atoms with E-state index >= 15 is 0 Å². The SMILES string of the molecule is C=CCn1c(=NC(=O)Cc2ccc(Cl)s2)sc2cc3c(cc21)OCO3.